The van der Waals surface area contributed by atoms with E-state index in [1.165, 1.54) is 0 Å². The minimum atomic E-state index is -0.935. The molecular weight excluding hydrogens is 218 g/mol. The number of nitrogens with zero attached hydrogens (tertiary/aromatic N) is 1. The van der Waals surface area contributed by atoms with Gasteiger partial charge in [0, 0.05) is 0 Å². The topological polar surface area (TPSA) is 92.0 Å². The summed E-state index contributed by atoms with van der Waals surface area (Å²) in [7, 11) is 0. The van der Waals surface area contributed by atoms with E-state index in [4.69, 9.17) is 10.8 Å². The highest BCUT2D eigenvalue weighted by Crippen LogP contribution is 2.19. The summed E-state index contributed by atoms with van der Waals surface area (Å²) >= 11 is 0. The van der Waals surface area contributed by atoms with Gasteiger partial charge in [0.2, 0.25) is 0 Å². The quantitative estimate of drug-likeness (QED) is 0.744. The molecule has 5 nitrogen and oxygen atoms in total. The van der Waals surface area contributed by atoms with E-state index in [2.05, 4.69) is 9.97 Å². The van der Waals surface area contributed by atoms with Crippen molar-refractivity contribution in [3.05, 3.63) is 42.4 Å². The highest BCUT2D eigenvalue weighted by atomic mass is 16.4. The SMILES string of the molecule is NC(CC(=O)O)c1ncc(-c2ccccc2)[nH]1. The second-order valence-corrected chi connectivity index (χ2v) is 3.75. The van der Waals surface area contributed by atoms with E-state index in [9.17, 15) is 4.79 Å². The Morgan fingerprint density at radius 1 is 1.41 bits per heavy atom. The van der Waals surface area contributed by atoms with E-state index in [1.54, 1.807) is 6.20 Å². The lowest BCUT2D eigenvalue weighted by Crippen LogP contribution is -2.16. The molecule has 17 heavy (non-hydrogen) atoms. The predicted molar refractivity (Wildman–Crippen MR) is 63.2 cm³/mol. The Bertz CT molecular complexity index is 507. The second-order valence-electron chi connectivity index (χ2n) is 3.75. The number of hydrogen-bond donors (Lipinski definition) is 3. The summed E-state index contributed by atoms with van der Waals surface area (Å²) in [5.74, 6) is -0.443. The third-order valence-corrected chi connectivity index (χ3v) is 2.43. The number of carboxylic acids is 1. The van der Waals surface area contributed by atoms with Gasteiger partial charge in [-0.3, -0.25) is 4.79 Å². The fourth-order valence-electron chi connectivity index (χ4n) is 1.57. The summed E-state index contributed by atoms with van der Waals surface area (Å²) in [5.41, 5.74) is 7.54. The van der Waals surface area contributed by atoms with Crippen molar-refractivity contribution >= 4 is 5.97 Å². The maximum Gasteiger partial charge on any atom is 0.305 e. The zero-order valence-corrected chi connectivity index (χ0v) is 9.13. The third kappa shape index (κ3) is 2.70. The summed E-state index contributed by atoms with van der Waals surface area (Å²) < 4.78 is 0. The van der Waals surface area contributed by atoms with Gasteiger partial charge in [-0.1, -0.05) is 30.3 Å². The lowest BCUT2D eigenvalue weighted by atomic mass is 10.2. The number of H-pyrrole nitrogens is 1. The maximum absolute atomic E-state index is 10.5. The zero-order chi connectivity index (χ0) is 12.3. The Morgan fingerprint density at radius 3 is 2.76 bits per heavy atom. The Balaban J connectivity index is 2.19. The highest BCUT2D eigenvalue weighted by Gasteiger charge is 2.14. The van der Waals surface area contributed by atoms with Crippen LogP contribution in [-0.2, 0) is 4.79 Å². The van der Waals surface area contributed by atoms with Gasteiger partial charge in [-0.05, 0) is 5.56 Å². The lowest BCUT2D eigenvalue weighted by Gasteiger charge is -2.04. The lowest BCUT2D eigenvalue weighted by molar-refractivity contribution is -0.137. The number of rotatable bonds is 4. The summed E-state index contributed by atoms with van der Waals surface area (Å²) in [4.78, 5) is 17.7. The first kappa shape index (κ1) is 11.3. The number of imidazole rings is 1. The Morgan fingerprint density at radius 2 is 2.12 bits per heavy atom. The maximum atomic E-state index is 10.5. The van der Waals surface area contributed by atoms with Crippen LogP contribution in [0.2, 0.25) is 0 Å². The van der Waals surface area contributed by atoms with Gasteiger partial charge in [0.1, 0.15) is 5.82 Å². The van der Waals surface area contributed by atoms with Gasteiger partial charge >= 0.3 is 5.97 Å². The average molecular weight is 231 g/mol. The summed E-state index contributed by atoms with van der Waals surface area (Å²) in [6.45, 7) is 0. The normalized spacial score (nSPS) is 12.3. The number of aromatic nitrogens is 2. The molecule has 0 aliphatic rings. The number of carboxylic acid groups (broad SMARTS) is 1. The molecule has 2 rings (SSSR count). The summed E-state index contributed by atoms with van der Waals surface area (Å²) in [6.07, 6.45) is 1.52. The molecular formula is C12H13N3O2. The van der Waals surface area contributed by atoms with E-state index in [1.807, 2.05) is 30.3 Å². The molecule has 2 aromatic rings. The van der Waals surface area contributed by atoms with E-state index < -0.39 is 12.0 Å². The van der Waals surface area contributed by atoms with Crippen molar-refractivity contribution in [3.63, 3.8) is 0 Å². The molecule has 5 heteroatoms. The molecule has 0 saturated carbocycles. The van der Waals surface area contributed by atoms with Gasteiger partial charge in [0.25, 0.3) is 0 Å². The van der Waals surface area contributed by atoms with Crippen LogP contribution >= 0.6 is 0 Å². The molecule has 0 amide bonds. The average Bonchev–Trinajstić information content (AvgIpc) is 2.78. The molecule has 0 radical (unpaired) electrons. The molecule has 1 atom stereocenters. The number of aromatic amines is 1. The van der Waals surface area contributed by atoms with Crippen LogP contribution < -0.4 is 5.73 Å². The van der Waals surface area contributed by atoms with Crippen LogP contribution in [0.3, 0.4) is 0 Å². The minimum absolute atomic E-state index is 0.137. The molecule has 0 spiro atoms. The zero-order valence-electron chi connectivity index (χ0n) is 9.13. The van der Waals surface area contributed by atoms with Gasteiger partial charge in [-0.2, -0.15) is 0 Å². The fourth-order valence-corrected chi connectivity index (χ4v) is 1.57. The van der Waals surface area contributed by atoms with Crippen LogP contribution in [0, 0.1) is 0 Å². The number of nitrogens with two attached hydrogens (primary N) is 1. The molecule has 88 valence electrons. The summed E-state index contributed by atoms with van der Waals surface area (Å²) in [5, 5.41) is 8.65. The van der Waals surface area contributed by atoms with E-state index in [0.29, 0.717) is 5.82 Å². The van der Waals surface area contributed by atoms with Crippen LogP contribution in [0.4, 0.5) is 0 Å². The smallest absolute Gasteiger partial charge is 0.305 e. The standard InChI is InChI=1S/C12H13N3O2/c13-9(6-11(16)17)12-14-7-10(15-12)8-4-2-1-3-5-8/h1-5,7,9H,6,13H2,(H,14,15)(H,16,17). The molecule has 0 bridgehead atoms. The van der Waals surface area contributed by atoms with E-state index in [-0.39, 0.29) is 6.42 Å². The molecule has 1 heterocycles. The van der Waals surface area contributed by atoms with Gasteiger partial charge < -0.3 is 15.8 Å². The molecule has 0 saturated heterocycles. The Hall–Kier alpha value is -2.14. The number of carbonyl (C=O) groups is 1. The molecule has 0 aliphatic carbocycles. The first-order chi connectivity index (χ1) is 8.16. The van der Waals surface area contributed by atoms with Gasteiger partial charge in [0.05, 0.1) is 24.4 Å². The molecule has 4 N–H and O–H groups in total. The third-order valence-electron chi connectivity index (χ3n) is 2.43. The van der Waals surface area contributed by atoms with Crippen LogP contribution in [0.1, 0.15) is 18.3 Å². The minimum Gasteiger partial charge on any atom is -0.481 e. The van der Waals surface area contributed by atoms with Crippen LogP contribution in [-0.4, -0.2) is 21.0 Å². The van der Waals surface area contributed by atoms with Crippen LogP contribution in [0.25, 0.3) is 11.3 Å². The van der Waals surface area contributed by atoms with E-state index >= 15 is 0 Å². The van der Waals surface area contributed by atoms with Crippen molar-refractivity contribution in [3.8, 4) is 11.3 Å². The molecule has 1 unspecified atom stereocenters. The molecule has 1 aromatic carbocycles. The van der Waals surface area contributed by atoms with Gasteiger partial charge in [-0.15, -0.1) is 0 Å². The van der Waals surface area contributed by atoms with Gasteiger partial charge in [0.15, 0.2) is 0 Å². The van der Waals surface area contributed by atoms with Crippen molar-refractivity contribution in [1.82, 2.24) is 9.97 Å². The number of aliphatic carboxylic acids is 1. The number of hydrogen-bond acceptors (Lipinski definition) is 3. The van der Waals surface area contributed by atoms with Gasteiger partial charge in [-0.25, -0.2) is 4.98 Å². The van der Waals surface area contributed by atoms with Crippen molar-refractivity contribution in [1.29, 1.82) is 0 Å². The second kappa shape index (κ2) is 4.80. The van der Waals surface area contributed by atoms with Crippen molar-refractivity contribution in [2.75, 3.05) is 0 Å². The van der Waals surface area contributed by atoms with Crippen LogP contribution in [0.5, 0.6) is 0 Å². The first-order valence-electron chi connectivity index (χ1n) is 5.24. The Kier molecular flexibility index (Phi) is 3.20. The Labute approximate surface area is 98.3 Å². The molecule has 0 fully saturated rings. The number of benzene rings is 1. The van der Waals surface area contributed by atoms with Crippen LogP contribution in [0.15, 0.2) is 36.5 Å². The summed E-state index contributed by atoms with van der Waals surface area (Å²) in [6, 6.07) is 9.06. The number of nitrogens with one attached hydrogen (secondary N) is 1. The largest absolute Gasteiger partial charge is 0.481 e. The predicted octanol–water partition coefficient (Wildman–Crippen LogP) is 1.55. The molecule has 1 aromatic heterocycles. The fraction of sp³-hybridized carbons (Fsp3) is 0.167. The van der Waals surface area contributed by atoms with Crippen molar-refractivity contribution < 1.29 is 9.90 Å². The van der Waals surface area contributed by atoms with Crippen molar-refractivity contribution in [2.45, 2.75) is 12.5 Å². The highest BCUT2D eigenvalue weighted by molar-refractivity contribution is 5.67. The monoisotopic (exact) mass is 231 g/mol. The van der Waals surface area contributed by atoms with Crippen molar-refractivity contribution in [2.24, 2.45) is 5.73 Å². The van der Waals surface area contributed by atoms with E-state index in [0.717, 1.165) is 11.3 Å². The molecule has 0 aliphatic heterocycles. The first-order valence-corrected chi connectivity index (χ1v) is 5.24.